The Labute approximate surface area is 357 Å². The van der Waals surface area contributed by atoms with Crippen LogP contribution in [0.5, 0.6) is 5.75 Å². The zero-order valence-corrected chi connectivity index (χ0v) is 37.1. The predicted octanol–water partition coefficient (Wildman–Crippen LogP) is 3.47. The zero-order valence-electron chi connectivity index (χ0n) is 35.5. The number of nitrogens with two attached hydrogens (primary N) is 1. The number of benzene rings is 2. The Bertz CT molecular complexity index is 2120. The molecule has 8 aliphatic rings. The van der Waals surface area contributed by atoms with Crippen LogP contribution in [0.4, 0.5) is 10.5 Å². The molecule has 2 aromatic rings. The first kappa shape index (κ1) is 43.4. The van der Waals surface area contributed by atoms with Gasteiger partial charge in [0.15, 0.2) is 0 Å². The number of carbonyl (C=O) groups is 1. The fraction of sp³-hybridized carbons (Fsp3) is 0.682. The number of rotatable bonds is 7. The van der Waals surface area contributed by atoms with Gasteiger partial charge in [-0.1, -0.05) is 12.1 Å². The van der Waals surface area contributed by atoms with Gasteiger partial charge in [0.2, 0.25) is 20.0 Å². The van der Waals surface area contributed by atoms with E-state index in [0.29, 0.717) is 37.8 Å². The first-order chi connectivity index (χ1) is 28.8. The molecule has 0 saturated carbocycles. The molecule has 0 spiro atoms. The van der Waals surface area contributed by atoms with Crippen LogP contribution in [0, 0.1) is 11.5 Å². The van der Waals surface area contributed by atoms with Gasteiger partial charge in [-0.3, -0.25) is 9.80 Å². The Morgan fingerprint density at radius 2 is 1.07 bits per heavy atom. The molecule has 0 bridgehead atoms. The van der Waals surface area contributed by atoms with Crippen LogP contribution in [-0.2, 0) is 71.4 Å². The lowest BCUT2D eigenvalue weighted by molar-refractivity contribution is 0.0407. The molecule has 0 aromatic heterocycles. The lowest BCUT2D eigenvalue weighted by atomic mass is 9.99. The summed E-state index contributed by atoms with van der Waals surface area (Å²) in [5.41, 5.74) is 11.4. The molecule has 0 unspecified atom stereocenters. The van der Waals surface area contributed by atoms with Crippen molar-refractivity contribution in [3.8, 4) is 12.0 Å². The van der Waals surface area contributed by atoms with Crippen molar-refractivity contribution in [3.05, 3.63) is 56.6 Å². The Hall–Kier alpha value is -3.30. The van der Waals surface area contributed by atoms with Gasteiger partial charge in [-0.15, -0.1) is 5.26 Å². The van der Waals surface area contributed by atoms with Gasteiger partial charge < -0.3 is 19.9 Å². The van der Waals surface area contributed by atoms with Crippen molar-refractivity contribution in [2.75, 3.05) is 71.8 Å². The number of hydrogen-bond acceptors (Lipinski definition) is 11. The van der Waals surface area contributed by atoms with E-state index < -0.39 is 31.3 Å². The lowest BCUT2D eigenvalue weighted by Gasteiger charge is -2.46. The number of aryl methyl sites for hydroxylation is 4. The van der Waals surface area contributed by atoms with E-state index in [-0.39, 0.29) is 5.25 Å². The van der Waals surface area contributed by atoms with Gasteiger partial charge in [0.1, 0.15) is 5.75 Å². The standard InChI is InChI=1S/C22H32N4O3S.C13H13NO.C9H19N3O2S/c1-25-13-17(14-25)26-10-8-18(9-11-26)30(28,29)24-22(27)23-21-19-6-2-4-15(19)12-16-5-3-7-20(16)21;14-8-15-13-11-5-1-3-9(11)7-10-4-2-6-12(10)13;1-11-6-8(7-11)12-4-2-9(3-5-12)15(10,13)14/h12,17-18H,2-11,13-14H2,1H3,(H2,23,24,27);7H,1-6H2;8-9H,2-7H2,1H3,(H2,10,13,14). The number of nitrogens with zero attached hydrogens (tertiary/aromatic N) is 5. The number of anilines is 1. The Morgan fingerprint density at radius 1 is 0.667 bits per heavy atom. The molecule has 4 aliphatic heterocycles. The van der Waals surface area contributed by atoms with Gasteiger partial charge in [0.25, 0.3) is 6.26 Å². The van der Waals surface area contributed by atoms with E-state index in [1.807, 2.05) is 6.26 Å². The summed E-state index contributed by atoms with van der Waals surface area (Å²) in [6.07, 6.45) is 17.5. The number of primary sulfonamides is 1. The summed E-state index contributed by atoms with van der Waals surface area (Å²) < 4.78 is 55.6. The maximum absolute atomic E-state index is 12.9. The van der Waals surface area contributed by atoms with Crippen LogP contribution in [-0.4, -0.2) is 132 Å². The molecule has 60 heavy (non-hydrogen) atoms. The third-order valence-corrected chi connectivity index (χ3v) is 17.7. The Balaban J connectivity index is 0.000000139. The second-order valence-electron chi connectivity index (χ2n) is 18.5. The van der Waals surface area contributed by atoms with Crippen LogP contribution in [0.25, 0.3) is 0 Å². The Morgan fingerprint density at radius 3 is 1.47 bits per heavy atom. The van der Waals surface area contributed by atoms with Crippen LogP contribution >= 0.6 is 0 Å². The highest BCUT2D eigenvalue weighted by Crippen LogP contribution is 2.41. The molecule has 10 rings (SSSR count). The fourth-order valence-electron chi connectivity index (χ4n) is 11.2. The Kier molecular flexibility index (Phi) is 13.1. The van der Waals surface area contributed by atoms with Crippen LogP contribution < -0.4 is 19.9 Å². The van der Waals surface area contributed by atoms with Crippen molar-refractivity contribution in [2.24, 2.45) is 5.14 Å². The number of carbonyl (C=O) groups excluding carboxylic acids is 1. The highest BCUT2D eigenvalue weighted by Gasteiger charge is 2.37. The molecule has 14 nitrogen and oxygen atoms in total. The smallest absolute Gasteiger partial charge is 0.332 e. The summed E-state index contributed by atoms with van der Waals surface area (Å²) >= 11 is 0. The minimum atomic E-state index is -3.68. The maximum Gasteiger partial charge on any atom is 0.332 e. The number of fused-ring (bicyclic) bond motifs is 4. The van der Waals surface area contributed by atoms with E-state index in [9.17, 15) is 21.6 Å². The molecule has 4 fully saturated rings. The lowest BCUT2D eigenvalue weighted by Crippen LogP contribution is -2.60. The highest BCUT2D eigenvalue weighted by atomic mass is 32.2. The zero-order chi connectivity index (χ0) is 42.2. The molecular weight excluding hydrogens is 801 g/mol. The van der Waals surface area contributed by atoms with Crippen molar-refractivity contribution in [1.82, 2.24) is 24.3 Å². The number of piperidine rings is 2. The molecule has 4 saturated heterocycles. The van der Waals surface area contributed by atoms with Crippen molar-refractivity contribution in [3.63, 3.8) is 0 Å². The van der Waals surface area contributed by atoms with Crippen LogP contribution in [0.1, 0.15) is 95.9 Å². The number of likely N-dealkylation sites (tertiary alicyclic amines) is 4. The van der Waals surface area contributed by atoms with E-state index in [1.165, 1.54) is 57.3 Å². The highest BCUT2D eigenvalue weighted by molar-refractivity contribution is 7.90. The number of nitriles is 1. The number of amides is 2. The van der Waals surface area contributed by atoms with Crippen molar-refractivity contribution in [2.45, 2.75) is 125 Å². The van der Waals surface area contributed by atoms with Gasteiger partial charge in [-0.25, -0.2) is 31.5 Å². The minimum absolute atomic E-state index is 0.313. The number of ether oxygens (including phenoxy) is 1. The predicted molar refractivity (Wildman–Crippen MR) is 233 cm³/mol. The average molecular weight is 865 g/mol. The summed E-state index contributed by atoms with van der Waals surface area (Å²) in [5, 5.41) is 16.0. The van der Waals surface area contributed by atoms with Gasteiger partial charge in [-0.05, 0) is 188 Å². The molecular formula is C44H64N8O6S2. The molecule has 4 aliphatic carbocycles. The number of hydrogen-bond donors (Lipinski definition) is 3. The second kappa shape index (κ2) is 18.2. The summed E-state index contributed by atoms with van der Waals surface area (Å²) in [6, 6.07) is 5.23. The number of nitrogens with one attached hydrogen (secondary N) is 2. The molecule has 2 aromatic carbocycles. The van der Waals surface area contributed by atoms with Gasteiger partial charge in [0.05, 0.1) is 10.5 Å². The molecule has 16 heteroatoms. The molecule has 0 radical (unpaired) electrons. The molecule has 4 N–H and O–H groups in total. The van der Waals surface area contributed by atoms with E-state index in [4.69, 9.17) is 15.1 Å². The van der Waals surface area contributed by atoms with Gasteiger partial charge >= 0.3 is 6.03 Å². The third-order valence-electron chi connectivity index (χ3n) is 14.5. The van der Waals surface area contributed by atoms with E-state index in [2.05, 4.69) is 55.9 Å². The first-order valence-corrected chi connectivity index (χ1v) is 25.5. The SMILES string of the molecule is CN1CC(N2CCC(S(=O)(=O)NC(=O)Nc3c4c(cc5c3CCC5)CCC4)CC2)C1.CN1CC(N2CCC(S(N)(=O)=O)CC2)C1.N#COc1c2c(cc3c1CCC3)CCC2. The largest absolute Gasteiger partial charge is 0.387 e. The van der Waals surface area contributed by atoms with Crippen molar-refractivity contribution < 1.29 is 26.4 Å². The average Bonchev–Trinajstić information content (AvgIpc) is 4.03. The topological polar surface area (TPSA) is 181 Å². The van der Waals surface area contributed by atoms with Crippen LogP contribution in [0.3, 0.4) is 0 Å². The number of likely N-dealkylation sites (N-methyl/N-ethyl adjacent to an activating group) is 2. The number of urea groups is 1. The fourth-order valence-corrected chi connectivity index (χ4v) is 13.3. The van der Waals surface area contributed by atoms with Crippen molar-refractivity contribution in [1.29, 1.82) is 5.26 Å². The first-order valence-electron chi connectivity index (χ1n) is 22.4. The summed E-state index contributed by atoms with van der Waals surface area (Å²) in [6.45, 7) is 7.66. The number of sulfonamides is 2. The summed E-state index contributed by atoms with van der Waals surface area (Å²) in [7, 11) is -2.78. The van der Waals surface area contributed by atoms with Crippen LogP contribution in [0.15, 0.2) is 12.1 Å². The van der Waals surface area contributed by atoms with E-state index in [1.54, 1.807) is 0 Å². The molecule has 328 valence electrons. The molecule has 2 amide bonds. The quantitative estimate of drug-likeness (QED) is 0.347. The normalized spacial score (nSPS) is 22.8. The molecule has 4 heterocycles. The van der Waals surface area contributed by atoms with Gasteiger partial charge in [0, 0.05) is 44.0 Å². The van der Waals surface area contributed by atoms with Gasteiger partial charge in [-0.2, -0.15) is 0 Å². The molecule has 0 atom stereocenters. The van der Waals surface area contributed by atoms with E-state index >= 15 is 0 Å². The van der Waals surface area contributed by atoms with Crippen molar-refractivity contribution >= 4 is 31.8 Å². The summed E-state index contributed by atoms with van der Waals surface area (Å²) in [5.74, 6) is 0.903. The monoisotopic (exact) mass is 864 g/mol. The minimum Gasteiger partial charge on any atom is -0.387 e. The van der Waals surface area contributed by atoms with E-state index in [0.717, 1.165) is 128 Å². The van der Waals surface area contributed by atoms with Crippen LogP contribution in [0.2, 0.25) is 0 Å². The summed E-state index contributed by atoms with van der Waals surface area (Å²) in [4.78, 5) is 22.0. The third kappa shape index (κ3) is 9.52. The second-order valence-corrected chi connectivity index (χ2v) is 22.3. The maximum atomic E-state index is 12.9.